The van der Waals surface area contributed by atoms with Crippen molar-refractivity contribution >= 4 is 29.1 Å². The minimum atomic E-state index is -2.94. The molecule has 1 amide bonds. The molecule has 8 N–H and O–H groups in total. The number of carbonyl (C=O) groups is 2. The van der Waals surface area contributed by atoms with Crippen LogP contribution in [0, 0.1) is 11.8 Å². The number of nitrogens with two attached hydrogens (primary N) is 1. The topological polar surface area (TPSA) is 203 Å². The highest BCUT2D eigenvalue weighted by Gasteiger charge is 2.67. The fourth-order valence-electron chi connectivity index (χ4n) is 6.69. The van der Waals surface area contributed by atoms with Gasteiger partial charge in [-0.15, -0.1) is 0 Å². The highest BCUT2D eigenvalue weighted by atomic mass is 16.7. The van der Waals surface area contributed by atoms with Crippen LogP contribution in [0.4, 0.5) is 0 Å². The second-order valence-electron chi connectivity index (χ2n) is 10.8. The highest BCUT2D eigenvalue weighted by Crippen LogP contribution is 2.56. The highest BCUT2D eigenvalue weighted by molar-refractivity contribution is 6.16. The number of amides is 1. The lowest BCUT2D eigenvalue weighted by Crippen LogP contribution is -2.71. The van der Waals surface area contributed by atoms with Gasteiger partial charge in [-0.3, -0.25) is 9.59 Å². The van der Waals surface area contributed by atoms with E-state index in [2.05, 4.69) is 0 Å². The number of likely N-dealkylation sites (N-methyl/N-ethyl adjacent to an activating group) is 1. The first kappa shape index (κ1) is 26.8. The number of aliphatic hydroxyl groups excluding tert-OH is 4. The summed E-state index contributed by atoms with van der Waals surface area (Å²) in [5.41, 5.74) is 2.28. The van der Waals surface area contributed by atoms with Gasteiger partial charge in [-0.2, -0.15) is 0 Å². The second kappa shape index (κ2) is 9.08. The molecule has 1 saturated carbocycles. The average Bonchev–Trinajstić information content (AvgIpc) is 3.38. The first-order valence-corrected chi connectivity index (χ1v) is 12.8. The molecular weight excluding hydrogens is 536 g/mol. The van der Waals surface area contributed by atoms with E-state index in [9.17, 15) is 40.2 Å². The molecular formula is C29H28N2O10. The number of phenolic OH excluding ortho intramolecular Hbond substituents is 1. The van der Waals surface area contributed by atoms with E-state index in [-0.39, 0.29) is 18.1 Å². The summed E-state index contributed by atoms with van der Waals surface area (Å²) in [6, 6.07) is 8.26. The molecule has 1 heterocycles. The molecule has 3 aliphatic carbocycles. The molecule has 0 spiro atoms. The van der Waals surface area contributed by atoms with E-state index in [1.54, 1.807) is 30.3 Å². The van der Waals surface area contributed by atoms with Gasteiger partial charge in [0.2, 0.25) is 12.6 Å². The zero-order valence-electron chi connectivity index (χ0n) is 22.0. The molecule has 0 saturated heterocycles. The smallest absolute Gasteiger partial charge is 0.250 e. The predicted octanol–water partition coefficient (Wildman–Crippen LogP) is 0.453. The number of fused-ring (bicyclic) bond motifs is 4. The standard InChI is InChI=1S/C29H28N2O10/c1-31(2)22-21-24(34)18-13(8-11-6-7-15-16(9-11)41-10-40-15)12-4-3-5-14(32)17(12)23(33)19(18)26(36)29(21,39)27(37)20(25(22)35)28(30)38/h3-9,18,21-22,24-25,32-35,37,39H,10H2,1-2H3,(H2,30,38)/b13-8+/t18-,21-,22+,24+,25?,29+/m1/s1. The first-order valence-electron chi connectivity index (χ1n) is 12.8. The lowest BCUT2D eigenvalue weighted by Gasteiger charge is -2.54. The van der Waals surface area contributed by atoms with E-state index in [0.717, 1.165) is 0 Å². The second-order valence-corrected chi connectivity index (χ2v) is 10.8. The summed E-state index contributed by atoms with van der Waals surface area (Å²) in [7, 11) is 3.01. The van der Waals surface area contributed by atoms with Crippen LogP contribution >= 0.6 is 0 Å². The third-order valence-corrected chi connectivity index (χ3v) is 8.46. The number of nitrogens with zero attached hydrogens (tertiary/aromatic N) is 1. The van der Waals surface area contributed by atoms with E-state index in [1.165, 1.54) is 31.1 Å². The maximum absolute atomic E-state index is 14.2. The molecule has 2 aromatic rings. The minimum Gasteiger partial charge on any atom is -0.508 e. The number of primary amides is 1. The Morgan fingerprint density at radius 1 is 1.10 bits per heavy atom. The molecule has 1 aliphatic heterocycles. The zero-order chi connectivity index (χ0) is 29.5. The summed E-state index contributed by atoms with van der Waals surface area (Å²) in [6.07, 6.45) is -1.83. The molecule has 0 bridgehead atoms. The number of ketones is 1. The van der Waals surface area contributed by atoms with Crippen molar-refractivity contribution in [3.05, 3.63) is 70.0 Å². The van der Waals surface area contributed by atoms with Gasteiger partial charge >= 0.3 is 0 Å². The first-order chi connectivity index (χ1) is 19.4. The van der Waals surface area contributed by atoms with Gasteiger partial charge < -0.3 is 50.7 Å². The van der Waals surface area contributed by atoms with Crippen LogP contribution in [0.15, 0.2) is 53.3 Å². The summed E-state index contributed by atoms with van der Waals surface area (Å²) in [6.45, 7) is 0.0431. The van der Waals surface area contributed by atoms with Crippen LogP contribution in [-0.4, -0.2) is 92.0 Å². The van der Waals surface area contributed by atoms with Crippen LogP contribution < -0.4 is 15.2 Å². The summed E-state index contributed by atoms with van der Waals surface area (Å²) in [5.74, 6) is -6.63. The summed E-state index contributed by atoms with van der Waals surface area (Å²) in [5, 5.41) is 68.2. The van der Waals surface area contributed by atoms with E-state index < -0.39 is 70.0 Å². The Balaban J connectivity index is 1.64. The molecule has 12 heteroatoms. The Morgan fingerprint density at radius 3 is 2.49 bits per heavy atom. The molecule has 4 aliphatic rings. The number of phenols is 1. The molecule has 1 fully saturated rings. The zero-order valence-corrected chi connectivity index (χ0v) is 22.0. The number of ether oxygens (including phenoxy) is 2. The quantitative estimate of drug-likeness (QED) is 0.273. The summed E-state index contributed by atoms with van der Waals surface area (Å²) >= 11 is 0. The Kier molecular flexibility index (Phi) is 5.94. The Labute approximate surface area is 233 Å². The summed E-state index contributed by atoms with van der Waals surface area (Å²) in [4.78, 5) is 27.9. The fraction of sp³-hybridized carbons (Fsp3) is 0.310. The predicted molar refractivity (Wildman–Crippen MR) is 143 cm³/mol. The van der Waals surface area contributed by atoms with E-state index in [0.29, 0.717) is 28.2 Å². The van der Waals surface area contributed by atoms with Crippen LogP contribution in [0.25, 0.3) is 17.4 Å². The number of aliphatic hydroxyl groups is 5. The number of aromatic hydroxyl groups is 1. The van der Waals surface area contributed by atoms with Crippen molar-refractivity contribution in [1.82, 2.24) is 4.90 Å². The summed E-state index contributed by atoms with van der Waals surface area (Å²) < 4.78 is 10.9. The third kappa shape index (κ3) is 3.55. The fourth-order valence-corrected chi connectivity index (χ4v) is 6.69. The molecule has 6 atom stereocenters. The number of Topliss-reactive ketones (excluding diaryl/α,β-unsaturated/α-hetero) is 1. The molecule has 0 radical (unpaired) electrons. The van der Waals surface area contributed by atoms with Crippen molar-refractivity contribution in [3.8, 4) is 17.2 Å². The van der Waals surface area contributed by atoms with Crippen molar-refractivity contribution in [2.75, 3.05) is 20.9 Å². The number of benzene rings is 2. The van der Waals surface area contributed by atoms with Crippen LogP contribution in [-0.2, 0) is 9.59 Å². The van der Waals surface area contributed by atoms with Gasteiger partial charge in [-0.05, 0) is 49.0 Å². The number of hydrogen-bond acceptors (Lipinski definition) is 11. The van der Waals surface area contributed by atoms with Gasteiger partial charge in [0.25, 0.3) is 5.91 Å². The van der Waals surface area contributed by atoms with Crippen molar-refractivity contribution in [3.63, 3.8) is 0 Å². The molecule has 0 aromatic heterocycles. The third-order valence-electron chi connectivity index (χ3n) is 8.46. The molecule has 1 unspecified atom stereocenters. The SMILES string of the molecule is CN(C)[C@@H]1C(O)C(C(N)=O)=C(O)[C@@]2(O)C(=O)C3=C(O)c4c(O)cccc4/C(=C\c4ccc5c(c4)OCO5)[C@H]3[C@H](O)[C@@H]12. The van der Waals surface area contributed by atoms with Gasteiger partial charge in [0.15, 0.2) is 17.1 Å². The van der Waals surface area contributed by atoms with Crippen molar-refractivity contribution in [2.45, 2.75) is 23.9 Å². The van der Waals surface area contributed by atoms with Crippen LogP contribution in [0.1, 0.15) is 16.7 Å². The number of hydrogen-bond donors (Lipinski definition) is 7. The number of rotatable bonds is 3. The average molecular weight is 565 g/mol. The molecule has 214 valence electrons. The van der Waals surface area contributed by atoms with Gasteiger partial charge in [-0.1, -0.05) is 24.3 Å². The van der Waals surface area contributed by atoms with E-state index in [1.807, 2.05) is 0 Å². The molecule has 41 heavy (non-hydrogen) atoms. The minimum absolute atomic E-state index is 0.0431. The van der Waals surface area contributed by atoms with Crippen molar-refractivity contribution < 1.29 is 49.7 Å². The van der Waals surface area contributed by atoms with Crippen molar-refractivity contribution in [1.29, 1.82) is 0 Å². The maximum Gasteiger partial charge on any atom is 0.250 e. The maximum atomic E-state index is 14.2. The Morgan fingerprint density at radius 2 is 1.80 bits per heavy atom. The van der Waals surface area contributed by atoms with Crippen LogP contribution in [0.2, 0.25) is 0 Å². The van der Waals surface area contributed by atoms with Gasteiger partial charge in [0.1, 0.15) is 23.4 Å². The van der Waals surface area contributed by atoms with Gasteiger partial charge in [-0.25, -0.2) is 0 Å². The van der Waals surface area contributed by atoms with Gasteiger partial charge in [0, 0.05) is 17.9 Å². The van der Waals surface area contributed by atoms with Gasteiger partial charge in [0.05, 0.1) is 22.8 Å². The molecule has 6 rings (SSSR count). The lowest BCUT2D eigenvalue weighted by molar-refractivity contribution is -0.170. The Hall–Kier alpha value is -4.36. The Bertz CT molecular complexity index is 1610. The van der Waals surface area contributed by atoms with E-state index >= 15 is 0 Å². The lowest BCUT2D eigenvalue weighted by atomic mass is 9.55. The van der Waals surface area contributed by atoms with E-state index in [4.69, 9.17) is 15.2 Å². The van der Waals surface area contributed by atoms with Crippen LogP contribution in [0.5, 0.6) is 17.2 Å². The van der Waals surface area contributed by atoms with Crippen LogP contribution in [0.3, 0.4) is 0 Å². The number of carbonyl (C=O) groups excluding carboxylic acids is 2. The molecule has 2 aromatic carbocycles. The monoisotopic (exact) mass is 564 g/mol. The van der Waals surface area contributed by atoms with Crippen molar-refractivity contribution in [2.24, 2.45) is 17.6 Å². The largest absolute Gasteiger partial charge is 0.508 e. The normalized spacial score (nSPS) is 31.3. The molecule has 12 nitrogen and oxygen atoms in total.